The van der Waals surface area contributed by atoms with Crippen LogP contribution in [0.5, 0.6) is 0 Å². The van der Waals surface area contributed by atoms with Crippen molar-refractivity contribution >= 4 is 11.6 Å². The summed E-state index contributed by atoms with van der Waals surface area (Å²) >= 11 is 0. The van der Waals surface area contributed by atoms with E-state index in [2.05, 4.69) is 58.1 Å². The summed E-state index contributed by atoms with van der Waals surface area (Å²) in [6.07, 6.45) is 0. The van der Waals surface area contributed by atoms with Gasteiger partial charge in [-0.3, -0.25) is 14.8 Å². The van der Waals surface area contributed by atoms with Gasteiger partial charge < -0.3 is 9.80 Å². The Kier molecular flexibility index (Phi) is 5.85. The maximum Gasteiger partial charge on any atom is 0.236 e. The number of carbonyl (C=O) groups excluding carboxylic acids is 1. The van der Waals surface area contributed by atoms with Gasteiger partial charge in [0.2, 0.25) is 5.91 Å². The number of carbonyl (C=O) groups is 1. The third-order valence-corrected chi connectivity index (χ3v) is 5.68. The van der Waals surface area contributed by atoms with Crippen LogP contribution in [0.4, 0.5) is 5.69 Å². The van der Waals surface area contributed by atoms with Crippen molar-refractivity contribution in [1.82, 2.24) is 20.0 Å². The molecule has 1 aliphatic rings. The number of benzene rings is 1. The molecular weight excluding hydrogens is 338 g/mol. The standard InChI is InChI=1S/C21H31N5O/c1-15-7-6-8-19(13-15)26-11-9-25(10-12-26)14-20(27)24(5)18(4)21-16(2)22-23-17(21)3/h6-8,13,18H,9-12,14H2,1-5H3,(H,22,23)/t18-/m1/s1. The highest BCUT2D eigenvalue weighted by Crippen LogP contribution is 2.24. The number of hydrogen-bond donors (Lipinski definition) is 1. The molecule has 1 aromatic carbocycles. The Morgan fingerprint density at radius 2 is 1.93 bits per heavy atom. The van der Waals surface area contributed by atoms with Gasteiger partial charge in [0, 0.05) is 50.2 Å². The third-order valence-electron chi connectivity index (χ3n) is 5.68. The number of rotatable bonds is 5. The van der Waals surface area contributed by atoms with Crippen molar-refractivity contribution in [1.29, 1.82) is 0 Å². The second kappa shape index (κ2) is 8.13. The predicted octanol–water partition coefficient (Wildman–Crippen LogP) is 2.68. The molecule has 2 aromatic rings. The van der Waals surface area contributed by atoms with E-state index in [0.717, 1.165) is 43.1 Å². The van der Waals surface area contributed by atoms with E-state index in [1.807, 2.05) is 25.8 Å². The Balaban J connectivity index is 1.54. The van der Waals surface area contributed by atoms with Crippen LogP contribution in [-0.2, 0) is 4.79 Å². The molecule has 1 amide bonds. The zero-order valence-electron chi connectivity index (χ0n) is 17.1. The molecule has 0 aliphatic carbocycles. The molecule has 1 aromatic heterocycles. The molecule has 1 aliphatic heterocycles. The maximum atomic E-state index is 12.8. The van der Waals surface area contributed by atoms with Crippen molar-refractivity contribution < 1.29 is 4.79 Å². The molecule has 0 spiro atoms. The highest BCUT2D eigenvalue weighted by atomic mass is 16.2. The second-order valence-corrected chi connectivity index (χ2v) is 7.63. The van der Waals surface area contributed by atoms with Gasteiger partial charge in [-0.15, -0.1) is 0 Å². The zero-order chi connectivity index (χ0) is 19.6. The van der Waals surface area contributed by atoms with Crippen LogP contribution in [0.3, 0.4) is 0 Å². The normalized spacial score (nSPS) is 16.4. The van der Waals surface area contributed by atoms with E-state index in [1.165, 1.54) is 11.3 Å². The summed E-state index contributed by atoms with van der Waals surface area (Å²) < 4.78 is 0. The van der Waals surface area contributed by atoms with Gasteiger partial charge in [0.1, 0.15) is 0 Å². The lowest BCUT2D eigenvalue weighted by atomic mass is 10.1. The fourth-order valence-corrected chi connectivity index (χ4v) is 3.88. The summed E-state index contributed by atoms with van der Waals surface area (Å²) in [5.41, 5.74) is 5.68. The summed E-state index contributed by atoms with van der Waals surface area (Å²) in [5.74, 6) is 0.159. The third kappa shape index (κ3) is 4.33. The van der Waals surface area contributed by atoms with Crippen LogP contribution in [0.2, 0.25) is 0 Å². The lowest BCUT2D eigenvalue weighted by Crippen LogP contribution is -2.50. The minimum absolute atomic E-state index is 0.0184. The van der Waals surface area contributed by atoms with E-state index >= 15 is 0 Å². The number of aromatic nitrogens is 2. The predicted molar refractivity (Wildman–Crippen MR) is 109 cm³/mol. The van der Waals surface area contributed by atoms with Crippen LogP contribution in [0.1, 0.15) is 35.5 Å². The van der Waals surface area contributed by atoms with E-state index in [0.29, 0.717) is 6.54 Å². The summed E-state index contributed by atoms with van der Waals surface area (Å²) in [6.45, 7) is 12.4. The molecule has 6 nitrogen and oxygen atoms in total. The first-order chi connectivity index (χ1) is 12.9. The highest BCUT2D eigenvalue weighted by molar-refractivity contribution is 5.78. The molecule has 0 radical (unpaired) electrons. The maximum absolute atomic E-state index is 12.8. The molecule has 2 heterocycles. The fourth-order valence-electron chi connectivity index (χ4n) is 3.88. The van der Waals surface area contributed by atoms with Gasteiger partial charge in [-0.1, -0.05) is 12.1 Å². The van der Waals surface area contributed by atoms with Gasteiger partial charge in [0.25, 0.3) is 0 Å². The van der Waals surface area contributed by atoms with Crippen LogP contribution >= 0.6 is 0 Å². The Labute approximate surface area is 162 Å². The van der Waals surface area contributed by atoms with Crippen molar-refractivity contribution in [3.05, 3.63) is 46.8 Å². The topological polar surface area (TPSA) is 55.5 Å². The molecule has 1 saturated heterocycles. The zero-order valence-corrected chi connectivity index (χ0v) is 17.1. The summed E-state index contributed by atoms with van der Waals surface area (Å²) in [6, 6.07) is 8.64. The number of aryl methyl sites for hydroxylation is 3. The minimum atomic E-state index is 0.0184. The number of nitrogens with zero attached hydrogens (tertiary/aromatic N) is 4. The average molecular weight is 370 g/mol. The van der Waals surface area contributed by atoms with Gasteiger partial charge in [-0.2, -0.15) is 5.10 Å². The van der Waals surface area contributed by atoms with E-state index in [4.69, 9.17) is 0 Å². The molecule has 27 heavy (non-hydrogen) atoms. The van der Waals surface area contributed by atoms with Crippen molar-refractivity contribution in [2.75, 3.05) is 44.7 Å². The number of piperazine rings is 1. The van der Waals surface area contributed by atoms with Crippen molar-refractivity contribution in [2.24, 2.45) is 0 Å². The van der Waals surface area contributed by atoms with Crippen LogP contribution in [0, 0.1) is 20.8 Å². The highest BCUT2D eigenvalue weighted by Gasteiger charge is 2.25. The van der Waals surface area contributed by atoms with Crippen LogP contribution in [-0.4, -0.2) is 65.7 Å². The number of amides is 1. The average Bonchev–Trinajstić information content (AvgIpc) is 2.99. The minimum Gasteiger partial charge on any atom is -0.369 e. The smallest absolute Gasteiger partial charge is 0.236 e. The SMILES string of the molecule is Cc1cccc(N2CCN(CC(=O)N(C)[C@H](C)c3c(C)n[nH]c3C)CC2)c1. The number of anilines is 1. The molecule has 6 heteroatoms. The lowest BCUT2D eigenvalue weighted by Gasteiger charge is -2.37. The van der Waals surface area contributed by atoms with Gasteiger partial charge in [0.05, 0.1) is 18.3 Å². The molecule has 1 atom stereocenters. The summed E-state index contributed by atoms with van der Waals surface area (Å²) in [5, 5.41) is 7.27. The first kappa shape index (κ1) is 19.4. The largest absolute Gasteiger partial charge is 0.369 e. The second-order valence-electron chi connectivity index (χ2n) is 7.63. The van der Waals surface area contributed by atoms with Crippen molar-refractivity contribution in [3.8, 4) is 0 Å². The molecular formula is C21H31N5O. The number of aromatic amines is 1. The van der Waals surface area contributed by atoms with E-state index < -0.39 is 0 Å². The molecule has 1 fully saturated rings. The number of hydrogen-bond acceptors (Lipinski definition) is 4. The van der Waals surface area contributed by atoms with Crippen LogP contribution in [0.25, 0.3) is 0 Å². The van der Waals surface area contributed by atoms with Crippen LogP contribution in [0.15, 0.2) is 24.3 Å². The molecule has 0 unspecified atom stereocenters. The van der Waals surface area contributed by atoms with Gasteiger partial charge in [0.15, 0.2) is 0 Å². The summed E-state index contributed by atoms with van der Waals surface area (Å²) in [7, 11) is 1.89. The first-order valence-electron chi connectivity index (χ1n) is 9.68. The Bertz CT molecular complexity index is 772. The number of H-pyrrole nitrogens is 1. The van der Waals surface area contributed by atoms with E-state index in [-0.39, 0.29) is 11.9 Å². The number of likely N-dealkylation sites (N-methyl/N-ethyl adjacent to an activating group) is 1. The summed E-state index contributed by atoms with van der Waals surface area (Å²) in [4.78, 5) is 19.3. The Hall–Kier alpha value is -2.34. The number of nitrogens with one attached hydrogen (secondary N) is 1. The van der Waals surface area contributed by atoms with Crippen molar-refractivity contribution in [3.63, 3.8) is 0 Å². The van der Waals surface area contributed by atoms with E-state index in [1.54, 1.807) is 0 Å². The fraction of sp³-hybridized carbons (Fsp3) is 0.524. The molecule has 146 valence electrons. The Morgan fingerprint density at radius 1 is 1.22 bits per heavy atom. The monoisotopic (exact) mass is 369 g/mol. The first-order valence-corrected chi connectivity index (χ1v) is 9.68. The van der Waals surface area contributed by atoms with E-state index in [9.17, 15) is 4.79 Å². The molecule has 3 rings (SSSR count). The quantitative estimate of drug-likeness (QED) is 0.880. The molecule has 1 N–H and O–H groups in total. The van der Waals surface area contributed by atoms with Gasteiger partial charge >= 0.3 is 0 Å². The van der Waals surface area contributed by atoms with Gasteiger partial charge in [-0.25, -0.2) is 0 Å². The van der Waals surface area contributed by atoms with Gasteiger partial charge in [-0.05, 0) is 45.4 Å². The van der Waals surface area contributed by atoms with Crippen molar-refractivity contribution in [2.45, 2.75) is 33.7 Å². The van der Waals surface area contributed by atoms with Crippen LogP contribution < -0.4 is 4.90 Å². The lowest BCUT2D eigenvalue weighted by molar-refractivity contribution is -0.133. The molecule has 0 bridgehead atoms. The Morgan fingerprint density at radius 3 is 2.52 bits per heavy atom. The molecule has 0 saturated carbocycles.